The van der Waals surface area contributed by atoms with Gasteiger partial charge in [-0.2, -0.15) is 0 Å². The first-order chi connectivity index (χ1) is 5.11. The molecule has 3 nitrogen and oxygen atoms in total. The van der Waals surface area contributed by atoms with Gasteiger partial charge in [-0.05, 0) is 6.92 Å². The zero-order valence-electron chi connectivity index (χ0n) is 7.83. The second-order valence-electron chi connectivity index (χ2n) is 2.27. The molecule has 0 aromatic rings. The molecule has 66 valence electrons. The molecule has 0 aliphatic heterocycles. The van der Waals surface area contributed by atoms with Crippen LogP contribution in [0, 0.1) is 0 Å². The zero-order valence-corrected chi connectivity index (χ0v) is 10.8. The summed E-state index contributed by atoms with van der Waals surface area (Å²) in [5, 5.41) is 9.13. The molecule has 0 saturated carbocycles. The molecule has 0 bridgehead atoms. The van der Waals surface area contributed by atoms with Crippen molar-refractivity contribution in [1.82, 2.24) is 0 Å². The van der Waals surface area contributed by atoms with Gasteiger partial charge in [0.25, 0.3) is 0 Å². The summed E-state index contributed by atoms with van der Waals surface area (Å²) in [6.07, 6.45) is 1.21. The Labute approximate surface area is 85.6 Å². The number of carbonyl (C=O) groups excluding carboxylic acids is 1. The van der Waals surface area contributed by atoms with Crippen molar-refractivity contribution in [2.75, 3.05) is 7.11 Å². The molecular weight excluding hydrogens is 209 g/mol. The smallest absolute Gasteiger partial charge is 0.158 e. The molecule has 0 aliphatic carbocycles. The Morgan fingerprint density at radius 3 is 2.50 bits per heavy atom. The summed E-state index contributed by atoms with van der Waals surface area (Å²) in [4.78, 5) is 10.8. The Hall–Kier alpha value is -0.207. The van der Waals surface area contributed by atoms with Crippen LogP contribution in [-0.4, -0.2) is 24.1 Å². The number of aliphatic hydroxyl groups excluding tert-OH is 1. The number of methoxy groups -OCH3 is 1. The van der Waals surface area contributed by atoms with E-state index in [4.69, 9.17) is 9.84 Å². The van der Waals surface area contributed by atoms with Crippen molar-refractivity contribution >= 4 is 5.78 Å². The second kappa shape index (κ2) is 7.44. The molecule has 0 amide bonds. The van der Waals surface area contributed by atoms with E-state index in [9.17, 15) is 4.79 Å². The van der Waals surface area contributed by atoms with Crippen molar-refractivity contribution in [2.45, 2.75) is 26.4 Å². The summed E-state index contributed by atoms with van der Waals surface area (Å²) in [5.41, 5.74) is 0. The number of carbonyl (C=O) groups is 1. The second-order valence-corrected chi connectivity index (χ2v) is 2.27. The van der Waals surface area contributed by atoms with Gasteiger partial charge in [0.15, 0.2) is 5.78 Å². The van der Waals surface area contributed by atoms with E-state index in [0.717, 1.165) is 0 Å². The van der Waals surface area contributed by atoms with Gasteiger partial charge in [-0.1, -0.05) is 6.92 Å². The van der Waals surface area contributed by atoms with E-state index >= 15 is 0 Å². The molecule has 1 unspecified atom stereocenters. The molecule has 1 N–H and O–H groups in total. The average Bonchev–Trinajstić information content (AvgIpc) is 2.02. The standard InChI is InChI=1S/C8H14O3.Zn/c1-4-7(9)5-8(10)6(2)11-3;/h5-6,10H,4H2,1-3H3;/b8-5-;. The zero-order chi connectivity index (χ0) is 8.85. The van der Waals surface area contributed by atoms with Crippen LogP contribution in [0.15, 0.2) is 11.8 Å². The Morgan fingerprint density at radius 2 is 2.17 bits per heavy atom. The molecule has 1 atom stereocenters. The van der Waals surface area contributed by atoms with Gasteiger partial charge in [-0.3, -0.25) is 4.79 Å². The predicted octanol–water partition coefficient (Wildman–Crippen LogP) is 1.44. The van der Waals surface area contributed by atoms with Crippen LogP contribution < -0.4 is 0 Å². The van der Waals surface area contributed by atoms with Gasteiger partial charge in [0.1, 0.15) is 11.9 Å². The van der Waals surface area contributed by atoms with Crippen molar-refractivity contribution in [3.05, 3.63) is 11.8 Å². The van der Waals surface area contributed by atoms with Gasteiger partial charge in [0.2, 0.25) is 0 Å². The molecular formula is C8H14O3Zn. The number of rotatable bonds is 4. The van der Waals surface area contributed by atoms with Crippen LogP contribution >= 0.6 is 0 Å². The van der Waals surface area contributed by atoms with Crippen molar-refractivity contribution in [1.29, 1.82) is 0 Å². The Balaban J connectivity index is 0. The fraction of sp³-hybridized carbons (Fsp3) is 0.625. The van der Waals surface area contributed by atoms with Crippen LogP contribution in [-0.2, 0) is 29.0 Å². The summed E-state index contributed by atoms with van der Waals surface area (Å²) in [6, 6.07) is 0. The summed E-state index contributed by atoms with van der Waals surface area (Å²) < 4.78 is 4.79. The van der Waals surface area contributed by atoms with E-state index in [2.05, 4.69) is 0 Å². The maximum Gasteiger partial charge on any atom is 0.158 e. The normalized spacial score (nSPS) is 13.4. The Kier molecular flexibility index (Phi) is 8.88. The van der Waals surface area contributed by atoms with Crippen LogP contribution in [0.3, 0.4) is 0 Å². The summed E-state index contributed by atoms with van der Waals surface area (Å²) in [7, 11) is 1.48. The van der Waals surface area contributed by atoms with E-state index < -0.39 is 6.10 Å². The number of hydrogen-bond acceptors (Lipinski definition) is 3. The van der Waals surface area contributed by atoms with E-state index in [1.807, 2.05) is 0 Å². The SMILES string of the molecule is CCC(=O)/C=C(\O)C(C)OC.[Zn]. The minimum atomic E-state index is -0.398. The molecule has 4 heteroatoms. The fourth-order valence-electron chi connectivity index (χ4n) is 0.505. The molecule has 0 aromatic carbocycles. The van der Waals surface area contributed by atoms with Crippen LogP contribution in [0.2, 0.25) is 0 Å². The van der Waals surface area contributed by atoms with Crippen molar-refractivity contribution in [2.24, 2.45) is 0 Å². The number of hydrogen-bond donors (Lipinski definition) is 1. The molecule has 0 spiro atoms. The first-order valence-corrected chi connectivity index (χ1v) is 3.58. The monoisotopic (exact) mass is 222 g/mol. The summed E-state index contributed by atoms with van der Waals surface area (Å²) in [5.74, 6) is -0.106. The average molecular weight is 224 g/mol. The maximum atomic E-state index is 10.8. The van der Waals surface area contributed by atoms with Crippen molar-refractivity contribution < 1.29 is 34.1 Å². The molecule has 0 fully saturated rings. The minimum absolute atomic E-state index is 0. The largest absolute Gasteiger partial charge is 0.509 e. The predicted molar refractivity (Wildman–Crippen MR) is 42.5 cm³/mol. The van der Waals surface area contributed by atoms with Gasteiger partial charge in [0, 0.05) is 39.1 Å². The van der Waals surface area contributed by atoms with Gasteiger partial charge in [-0.25, -0.2) is 0 Å². The molecule has 0 saturated heterocycles. The molecule has 0 aliphatic rings. The molecule has 0 heterocycles. The topological polar surface area (TPSA) is 46.5 Å². The number of allylic oxidation sites excluding steroid dienone is 1. The third-order valence-electron chi connectivity index (χ3n) is 1.43. The first-order valence-electron chi connectivity index (χ1n) is 3.58. The van der Waals surface area contributed by atoms with E-state index in [0.29, 0.717) is 6.42 Å². The van der Waals surface area contributed by atoms with Gasteiger partial charge >= 0.3 is 0 Å². The molecule has 0 aromatic heterocycles. The van der Waals surface area contributed by atoms with E-state index in [1.54, 1.807) is 13.8 Å². The summed E-state index contributed by atoms with van der Waals surface area (Å²) in [6.45, 7) is 3.42. The third-order valence-corrected chi connectivity index (χ3v) is 1.43. The van der Waals surface area contributed by atoms with E-state index in [1.165, 1.54) is 13.2 Å². The quantitative estimate of drug-likeness (QED) is 0.446. The van der Waals surface area contributed by atoms with Gasteiger partial charge in [0.05, 0.1) is 0 Å². The third kappa shape index (κ3) is 5.44. The molecule has 0 rings (SSSR count). The number of ether oxygens (including phenoxy) is 1. The Bertz CT molecular complexity index is 166. The van der Waals surface area contributed by atoms with Crippen LogP contribution in [0.1, 0.15) is 20.3 Å². The number of ketones is 1. The van der Waals surface area contributed by atoms with Crippen molar-refractivity contribution in [3.8, 4) is 0 Å². The summed E-state index contributed by atoms with van der Waals surface area (Å²) >= 11 is 0. The van der Waals surface area contributed by atoms with E-state index in [-0.39, 0.29) is 31.0 Å². The number of aliphatic hydroxyl groups is 1. The van der Waals surface area contributed by atoms with Crippen LogP contribution in [0.5, 0.6) is 0 Å². The van der Waals surface area contributed by atoms with Crippen LogP contribution in [0.4, 0.5) is 0 Å². The molecule has 0 radical (unpaired) electrons. The molecule has 12 heavy (non-hydrogen) atoms. The van der Waals surface area contributed by atoms with Gasteiger partial charge < -0.3 is 9.84 Å². The van der Waals surface area contributed by atoms with Crippen LogP contribution in [0.25, 0.3) is 0 Å². The first kappa shape index (κ1) is 14.3. The van der Waals surface area contributed by atoms with Gasteiger partial charge in [-0.15, -0.1) is 0 Å². The Morgan fingerprint density at radius 1 is 1.67 bits per heavy atom. The van der Waals surface area contributed by atoms with Crippen molar-refractivity contribution in [3.63, 3.8) is 0 Å². The minimum Gasteiger partial charge on any atom is -0.509 e. The maximum absolute atomic E-state index is 10.8. The fourth-order valence-corrected chi connectivity index (χ4v) is 0.505.